The van der Waals surface area contributed by atoms with Gasteiger partial charge in [0, 0.05) is 19.1 Å². The van der Waals surface area contributed by atoms with E-state index in [-0.39, 0.29) is 0 Å². The maximum absolute atomic E-state index is 5.83. The largest absolute Gasteiger partial charge is 0.492 e. The first-order chi connectivity index (χ1) is 9.71. The SMILES string of the molecule is CCCCN(CCOc1ccc(CN)cc1)C(C)CC. The van der Waals surface area contributed by atoms with Crippen LogP contribution in [0.5, 0.6) is 5.75 Å². The molecule has 1 rings (SSSR count). The molecule has 1 aromatic rings. The Morgan fingerprint density at radius 2 is 1.85 bits per heavy atom. The molecule has 3 nitrogen and oxygen atoms in total. The second kappa shape index (κ2) is 9.78. The fourth-order valence-electron chi connectivity index (χ4n) is 2.17. The average Bonchev–Trinajstić information content (AvgIpc) is 2.50. The highest BCUT2D eigenvalue weighted by atomic mass is 16.5. The lowest BCUT2D eigenvalue weighted by Crippen LogP contribution is -2.36. The molecule has 3 heteroatoms. The summed E-state index contributed by atoms with van der Waals surface area (Å²) in [7, 11) is 0. The maximum atomic E-state index is 5.83. The van der Waals surface area contributed by atoms with Gasteiger partial charge in [-0.15, -0.1) is 0 Å². The molecule has 1 atom stereocenters. The first-order valence-corrected chi connectivity index (χ1v) is 7.87. The lowest BCUT2D eigenvalue weighted by atomic mass is 10.2. The lowest BCUT2D eigenvalue weighted by Gasteiger charge is -2.28. The molecule has 1 aromatic carbocycles. The van der Waals surface area contributed by atoms with Crippen molar-refractivity contribution in [3.8, 4) is 5.75 Å². The highest BCUT2D eigenvalue weighted by Crippen LogP contribution is 2.12. The van der Waals surface area contributed by atoms with E-state index < -0.39 is 0 Å². The second-order valence-electron chi connectivity index (χ2n) is 5.34. The predicted octanol–water partition coefficient (Wildman–Crippen LogP) is 3.42. The van der Waals surface area contributed by atoms with Gasteiger partial charge in [0.25, 0.3) is 0 Å². The van der Waals surface area contributed by atoms with Gasteiger partial charge in [0.15, 0.2) is 0 Å². The maximum Gasteiger partial charge on any atom is 0.119 e. The summed E-state index contributed by atoms with van der Waals surface area (Å²) in [5.41, 5.74) is 6.73. The number of benzene rings is 1. The number of rotatable bonds is 10. The van der Waals surface area contributed by atoms with Crippen LogP contribution in [0.15, 0.2) is 24.3 Å². The van der Waals surface area contributed by atoms with E-state index in [1.807, 2.05) is 24.3 Å². The van der Waals surface area contributed by atoms with Gasteiger partial charge in [-0.2, -0.15) is 0 Å². The fourth-order valence-corrected chi connectivity index (χ4v) is 2.17. The van der Waals surface area contributed by atoms with Crippen molar-refractivity contribution in [2.75, 3.05) is 19.7 Å². The Hall–Kier alpha value is -1.06. The molecule has 0 saturated heterocycles. The van der Waals surface area contributed by atoms with E-state index in [9.17, 15) is 0 Å². The van der Waals surface area contributed by atoms with E-state index in [1.165, 1.54) is 25.8 Å². The minimum Gasteiger partial charge on any atom is -0.492 e. The third-order valence-electron chi connectivity index (χ3n) is 3.82. The second-order valence-corrected chi connectivity index (χ2v) is 5.34. The van der Waals surface area contributed by atoms with Crippen molar-refractivity contribution in [2.24, 2.45) is 5.73 Å². The zero-order chi connectivity index (χ0) is 14.8. The van der Waals surface area contributed by atoms with Crippen molar-refractivity contribution in [3.05, 3.63) is 29.8 Å². The molecule has 0 aliphatic carbocycles. The molecule has 0 spiro atoms. The summed E-state index contributed by atoms with van der Waals surface area (Å²) < 4.78 is 5.83. The first-order valence-electron chi connectivity index (χ1n) is 7.87. The van der Waals surface area contributed by atoms with Gasteiger partial charge in [-0.05, 0) is 44.0 Å². The topological polar surface area (TPSA) is 38.5 Å². The third-order valence-corrected chi connectivity index (χ3v) is 3.82. The smallest absolute Gasteiger partial charge is 0.119 e. The van der Waals surface area contributed by atoms with Gasteiger partial charge in [0.1, 0.15) is 12.4 Å². The number of nitrogens with zero attached hydrogens (tertiary/aromatic N) is 1. The molecule has 2 N–H and O–H groups in total. The molecule has 0 aliphatic rings. The van der Waals surface area contributed by atoms with Crippen molar-refractivity contribution in [2.45, 2.75) is 52.6 Å². The van der Waals surface area contributed by atoms with E-state index in [2.05, 4.69) is 25.7 Å². The summed E-state index contributed by atoms with van der Waals surface area (Å²) in [4.78, 5) is 2.53. The molecule has 0 heterocycles. The Morgan fingerprint density at radius 3 is 2.40 bits per heavy atom. The molecule has 20 heavy (non-hydrogen) atoms. The fraction of sp³-hybridized carbons (Fsp3) is 0.647. The van der Waals surface area contributed by atoms with Crippen LogP contribution < -0.4 is 10.5 Å². The molecule has 114 valence electrons. The monoisotopic (exact) mass is 278 g/mol. The van der Waals surface area contributed by atoms with Crippen LogP contribution in [-0.4, -0.2) is 30.6 Å². The molecule has 0 bridgehead atoms. The molecule has 0 aliphatic heterocycles. The number of hydrogen-bond donors (Lipinski definition) is 1. The van der Waals surface area contributed by atoms with Gasteiger partial charge >= 0.3 is 0 Å². The van der Waals surface area contributed by atoms with Gasteiger partial charge in [0.2, 0.25) is 0 Å². The van der Waals surface area contributed by atoms with Crippen LogP contribution in [0.1, 0.15) is 45.6 Å². The predicted molar refractivity (Wildman–Crippen MR) is 86.1 cm³/mol. The zero-order valence-electron chi connectivity index (χ0n) is 13.3. The Labute approximate surface area is 124 Å². The average molecular weight is 278 g/mol. The van der Waals surface area contributed by atoms with E-state index >= 15 is 0 Å². The lowest BCUT2D eigenvalue weighted by molar-refractivity contribution is 0.162. The van der Waals surface area contributed by atoms with Gasteiger partial charge in [0.05, 0.1) is 0 Å². The highest BCUT2D eigenvalue weighted by molar-refractivity contribution is 5.27. The molecule has 0 saturated carbocycles. The van der Waals surface area contributed by atoms with Crippen molar-refractivity contribution in [1.82, 2.24) is 4.90 Å². The van der Waals surface area contributed by atoms with Gasteiger partial charge in [-0.25, -0.2) is 0 Å². The van der Waals surface area contributed by atoms with Crippen LogP contribution in [0.3, 0.4) is 0 Å². The van der Waals surface area contributed by atoms with E-state index in [0.717, 1.165) is 24.5 Å². The molecule has 0 fully saturated rings. The summed E-state index contributed by atoms with van der Waals surface area (Å²) in [6.07, 6.45) is 3.69. The van der Waals surface area contributed by atoms with Crippen molar-refractivity contribution >= 4 is 0 Å². The van der Waals surface area contributed by atoms with Crippen molar-refractivity contribution < 1.29 is 4.74 Å². The van der Waals surface area contributed by atoms with Crippen LogP contribution in [0.25, 0.3) is 0 Å². The quantitative estimate of drug-likeness (QED) is 0.712. The van der Waals surface area contributed by atoms with E-state index in [0.29, 0.717) is 12.6 Å². The molecule has 0 radical (unpaired) electrons. The third kappa shape index (κ3) is 5.93. The minimum atomic E-state index is 0.582. The summed E-state index contributed by atoms with van der Waals surface area (Å²) in [5, 5.41) is 0. The summed E-state index contributed by atoms with van der Waals surface area (Å²) in [5.74, 6) is 0.932. The first kappa shape index (κ1) is 17.0. The normalized spacial score (nSPS) is 12.7. The van der Waals surface area contributed by atoms with Crippen LogP contribution in [0, 0.1) is 0 Å². The van der Waals surface area contributed by atoms with Gasteiger partial charge in [-0.3, -0.25) is 4.90 Å². The summed E-state index contributed by atoms with van der Waals surface area (Å²) in [6, 6.07) is 8.69. The summed E-state index contributed by atoms with van der Waals surface area (Å²) in [6.45, 7) is 10.3. The number of nitrogens with two attached hydrogens (primary N) is 1. The van der Waals surface area contributed by atoms with Gasteiger partial charge < -0.3 is 10.5 Å². The van der Waals surface area contributed by atoms with Gasteiger partial charge in [-0.1, -0.05) is 32.4 Å². The van der Waals surface area contributed by atoms with E-state index in [4.69, 9.17) is 10.5 Å². The molecule has 0 amide bonds. The Balaban J connectivity index is 2.38. The minimum absolute atomic E-state index is 0.582. The Bertz CT molecular complexity index is 351. The number of ether oxygens (including phenoxy) is 1. The van der Waals surface area contributed by atoms with Crippen LogP contribution in [-0.2, 0) is 6.54 Å². The van der Waals surface area contributed by atoms with Crippen LogP contribution in [0.2, 0.25) is 0 Å². The number of unbranched alkanes of at least 4 members (excludes halogenated alkanes) is 1. The van der Waals surface area contributed by atoms with E-state index in [1.54, 1.807) is 0 Å². The molecular weight excluding hydrogens is 248 g/mol. The van der Waals surface area contributed by atoms with Crippen LogP contribution in [0.4, 0.5) is 0 Å². The number of hydrogen-bond acceptors (Lipinski definition) is 3. The van der Waals surface area contributed by atoms with Crippen molar-refractivity contribution in [1.29, 1.82) is 0 Å². The highest BCUT2D eigenvalue weighted by Gasteiger charge is 2.11. The van der Waals surface area contributed by atoms with Crippen LogP contribution >= 0.6 is 0 Å². The van der Waals surface area contributed by atoms with Crippen molar-refractivity contribution in [3.63, 3.8) is 0 Å². The standard InChI is InChI=1S/C17H30N2O/c1-4-6-11-19(15(3)5-2)12-13-20-17-9-7-16(14-18)8-10-17/h7-10,15H,4-6,11-14,18H2,1-3H3. The molecular formula is C17H30N2O. The molecule has 0 aromatic heterocycles. The Kier molecular flexibility index (Phi) is 8.31. The Morgan fingerprint density at radius 1 is 1.15 bits per heavy atom. The summed E-state index contributed by atoms with van der Waals surface area (Å²) >= 11 is 0. The molecule has 1 unspecified atom stereocenters. The zero-order valence-corrected chi connectivity index (χ0v) is 13.3.